The molecule has 0 aromatic heterocycles. The highest BCUT2D eigenvalue weighted by molar-refractivity contribution is 5.80. The summed E-state index contributed by atoms with van der Waals surface area (Å²) in [6.45, 7) is 10.4. The normalized spacial score (nSPS) is 15.2. The van der Waals surface area contributed by atoms with Crippen LogP contribution in [-0.2, 0) is 16.0 Å². The van der Waals surface area contributed by atoms with Crippen LogP contribution in [0.5, 0.6) is 0 Å². The van der Waals surface area contributed by atoms with E-state index < -0.39 is 0 Å². The predicted octanol–water partition coefficient (Wildman–Crippen LogP) is 1.85. The van der Waals surface area contributed by atoms with Crippen LogP contribution in [0.15, 0.2) is 12.1 Å². The van der Waals surface area contributed by atoms with Gasteiger partial charge in [0.05, 0.1) is 6.42 Å². The van der Waals surface area contributed by atoms with Crippen molar-refractivity contribution >= 4 is 11.8 Å². The summed E-state index contributed by atoms with van der Waals surface area (Å²) in [5.74, 6) is 0.251. The minimum atomic E-state index is 0.0901. The largest absolute Gasteiger partial charge is 0.339 e. The Hall–Kier alpha value is -1.84. The maximum Gasteiger partial charge on any atom is 0.227 e. The number of amides is 2. The number of nitrogens with zero attached hydrogens (tertiary/aromatic N) is 2. The van der Waals surface area contributed by atoms with Crippen LogP contribution in [0.3, 0.4) is 0 Å². The van der Waals surface area contributed by atoms with Crippen LogP contribution in [0.1, 0.15) is 29.2 Å². The number of piperazine rings is 1. The van der Waals surface area contributed by atoms with Crippen molar-refractivity contribution < 1.29 is 9.59 Å². The van der Waals surface area contributed by atoms with Crippen molar-refractivity contribution in [2.24, 2.45) is 0 Å². The lowest BCUT2D eigenvalue weighted by Gasteiger charge is -2.34. The fraction of sp³-hybridized carbons (Fsp3) is 0.529. The molecular formula is C17H24N2O2. The first-order valence-electron chi connectivity index (χ1n) is 7.48. The summed E-state index contributed by atoms with van der Waals surface area (Å²) in [7, 11) is 0. The molecule has 0 spiro atoms. The molecule has 0 aliphatic carbocycles. The van der Waals surface area contributed by atoms with Gasteiger partial charge < -0.3 is 9.80 Å². The molecule has 0 saturated carbocycles. The molecule has 114 valence electrons. The fourth-order valence-corrected chi connectivity index (χ4v) is 3.02. The van der Waals surface area contributed by atoms with E-state index in [1.807, 2.05) is 4.90 Å². The van der Waals surface area contributed by atoms with E-state index in [-0.39, 0.29) is 11.8 Å². The van der Waals surface area contributed by atoms with Crippen molar-refractivity contribution in [2.75, 3.05) is 26.2 Å². The van der Waals surface area contributed by atoms with Crippen LogP contribution in [-0.4, -0.2) is 47.8 Å². The first-order chi connectivity index (χ1) is 9.88. The van der Waals surface area contributed by atoms with E-state index in [4.69, 9.17) is 0 Å². The van der Waals surface area contributed by atoms with E-state index in [0.717, 1.165) is 5.56 Å². The maximum atomic E-state index is 12.5. The zero-order chi connectivity index (χ0) is 15.6. The van der Waals surface area contributed by atoms with Gasteiger partial charge in [0.15, 0.2) is 0 Å². The Morgan fingerprint density at radius 2 is 1.43 bits per heavy atom. The van der Waals surface area contributed by atoms with Gasteiger partial charge in [-0.05, 0) is 37.5 Å². The molecule has 21 heavy (non-hydrogen) atoms. The van der Waals surface area contributed by atoms with Gasteiger partial charge in [-0.1, -0.05) is 17.7 Å². The molecule has 0 unspecified atom stereocenters. The second kappa shape index (κ2) is 6.29. The standard InChI is InChI=1S/C17H24N2O2/c1-12-9-13(2)16(14(3)10-12)11-17(21)19-7-5-18(6-8-19)15(4)20/h9-10H,5-8,11H2,1-4H3. The van der Waals surface area contributed by atoms with Crippen LogP contribution in [0.2, 0.25) is 0 Å². The average Bonchev–Trinajstić information content (AvgIpc) is 2.42. The third kappa shape index (κ3) is 3.63. The molecule has 1 aromatic rings. The number of carbonyl (C=O) groups is 2. The Morgan fingerprint density at radius 3 is 1.90 bits per heavy atom. The molecule has 1 aliphatic rings. The van der Waals surface area contributed by atoms with Gasteiger partial charge in [-0.2, -0.15) is 0 Å². The molecule has 1 saturated heterocycles. The first kappa shape index (κ1) is 15.5. The lowest BCUT2D eigenvalue weighted by atomic mass is 9.97. The van der Waals surface area contributed by atoms with Crippen LogP contribution in [0.25, 0.3) is 0 Å². The summed E-state index contributed by atoms with van der Waals surface area (Å²) < 4.78 is 0. The van der Waals surface area contributed by atoms with Gasteiger partial charge in [-0.3, -0.25) is 9.59 Å². The molecule has 0 radical (unpaired) electrons. The molecule has 0 atom stereocenters. The molecule has 4 nitrogen and oxygen atoms in total. The van der Waals surface area contributed by atoms with Crippen LogP contribution in [0, 0.1) is 20.8 Å². The highest BCUT2D eigenvalue weighted by atomic mass is 16.2. The van der Waals surface area contributed by atoms with Crippen LogP contribution in [0.4, 0.5) is 0 Å². The van der Waals surface area contributed by atoms with E-state index in [9.17, 15) is 9.59 Å². The van der Waals surface area contributed by atoms with E-state index in [1.165, 1.54) is 16.7 Å². The zero-order valence-electron chi connectivity index (χ0n) is 13.4. The number of benzene rings is 1. The van der Waals surface area contributed by atoms with E-state index in [1.54, 1.807) is 11.8 Å². The van der Waals surface area contributed by atoms with Gasteiger partial charge in [0.1, 0.15) is 0 Å². The maximum absolute atomic E-state index is 12.5. The van der Waals surface area contributed by atoms with Crippen molar-refractivity contribution in [1.29, 1.82) is 0 Å². The minimum absolute atomic E-state index is 0.0901. The second-order valence-corrected chi connectivity index (χ2v) is 5.94. The fourth-order valence-electron chi connectivity index (χ4n) is 3.02. The Balaban J connectivity index is 2.01. The molecule has 1 aliphatic heterocycles. The van der Waals surface area contributed by atoms with Crippen molar-refractivity contribution in [3.8, 4) is 0 Å². The Morgan fingerprint density at radius 1 is 0.952 bits per heavy atom. The second-order valence-electron chi connectivity index (χ2n) is 5.94. The van der Waals surface area contributed by atoms with E-state index in [0.29, 0.717) is 32.6 Å². The summed E-state index contributed by atoms with van der Waals surface area (Å²) >= 11 is 0. The average molecular weight is 288 g/mol. The smallest absolute Gasteiger partial charge is 0.227 e. The molecule has 0 bridgehead atoms. The topological polar surface area (TPSA) is 40.6 Å². The summed E-state index contributed by atoms with van der Waals surface area (Å²) in [4.78, 5) is 27.4. The molecule has 1 aromatic carbocycles. The van der Waals surface area contributed by atoms with Crippen LogP contribution >= 0.6 is 0 Å². The number of carbonyl (C=O) groups excluding carboxylic acids is 2. The molecule has 2 amide bonds. The van der Waals surface area contributed by atoms with Crippen molar-refractivity contribution in [2.45, 2.75) is 34.1 Å². The summed E-state index contributed by atoms with van der Waals surface area (Å²) in [6, 6.07) is 4.26. The third-order valence-electron chi connectivity index (χ3n) is 4.25. The number of hydrogen-bond acceptors (Lipinski definition) is 2. The van der Waals surface area contributed by atoms with E-state index >= 15 is 0 Å². The number of hydrogen-bond donors (Lipinski definition) is 0. The number of aryl methyl sites for hydroxylation is 3. The highest BCUT2D eigenvalue weighted by Gasteiger charge is 2.23. The lowest BCUT2D eigenvalue weighted by Crippen LogP contribution is -2.50. The summed E-state index contributed by atoms with van der Waals surface area (Å²) in [6.07, 6.45) is 0.456. The predicted molar refractivity (Wildman–Crippen MR) is 83.2 cm³/mol. The third-order valence-corrected chi connectivity index (χ3v) is 4.25. The molecule has 2 rings (SSSR count). The van der Waals surface area contributed by atoms with Gasteiger partial charge in [-0.15, -0.1) is 0 Å². The zero-order valence-corrected chi connectivity index (χ0v) is 13.4. The Kier molecular flexibility index (Phi) is 4.66. The van der Waals surface area contributed by atoms with Gasteiger partial charge in [0.2, 0.25) is 11.8 Å². The molecule has 0 N–H and O–H groups in total. The van der Waals surface area contributed by atoms with Gasteiger partial charge in [0.25, 0.3) is 0 Å². The quantitative estimate of drug-likeness (QED) is 0.833. The monoisotopic (exact) mass is 288 g/mol. The van der Waals surface area contributed by atoms with Crippen molar-refractivity contribution in [1.82, 2.24) is 9.80 Å². The first-order valence-corrected chi connectivity index (χ1v) is 7.48. The van der Waals surface area contributed by atoms with Crippen molar-refractivity contribution in [3.63, 3.8) is 0 Å². The van der Waals surface area contributed by atoms with Gasteiger partial charge in [0, 0.05) is 33.1 Å². The van der Waals surface area contributed by atoms with Crippen molar-refractivity contribution in [3.05, 3.63) is 34.4 Å². The number of rotatable bonds is 2. The molecular weight excluding hydrogens is 264 g/mol. The lowest BCUT2D eigenvalue weighted by molar-refractivity contribution is -0.138. The van der Waals surface area contributed by atoms with E-state index in [2.05, 4.69) is 32.9 Å². The Labute approximate surface area is 126 Å². The SMILES string of the molecule is CC(=O)N1CCN(C(=O)Cc2c(C)cc(C)cc2C)CC1. The molecule has 1 fully saturated rings. The minimum Gasteiger partial charge on any atom is -0.339 e. The van der Waals surface area contributed by atoms with Gasteiger partial charge >= 0.3 is 0 Å². The summed E-state index contributed by atoms with van der Waals surface area (Å²) in [5.41, 5.74) is 4.74. The highest BCUT2D eigenvalue weighted by Crippen LogP contribution is 2.18. The van der Waals surface area contributed by atoms with Gasteiger partial charge in [-0.25, -0.2) is 0 Å². The van der Waals surface area contributed by atoms with Crippen LogP contribution < -0.4 is 0 Å². The molecule has 1 heterocycles. The summed E-state index contributed by atoms with van der Waals surface area (Å²) in [5, 5.41) is 0. The molecule has 4 heteroatoms. The Bertz CT molecular complexity index is 535.